The highest BCUT2D eigenvalue weighted by Gasteiger charge is 2.14. The van der Waals surface area contributed by atoms with Crippen LogP contribution in [-0.4, -0.2) is 33.7 Å². The molecule has 4 nitrogen and oxygen atoms in total. The first kappa shape index (κ1) is 13.1. The molecule has 0 aliphatic carbocycles. The molecule has 0 bridgehead atoms. The number of rotatable bonds is 3. The lowest BCUT2D eigenvalue weighted by Gasteiger charge is -2.24. The topological polar surface area (TPSA) is 38.1 Å². The predicted octanol–water partition coefficient (Wildman–Crippen LogP) is 2.15. The van der Waals surface area contributed by atoms with Gasteiger partial charge in [0.1, 0.15) is 0 Å². The van der Waals surface area contributed by atoms with E-state index in [0.29, 0.717) is 12.3 Å². The molecule has 1 aromatic heterocycles. The van der Waals surface area contributed by atoms with E-state index in [4.69, 9.17) is 0 Å². The summed E-state index contributed by atoms with van der Waals surface area (Å²) in [4.78, 5) is 14.2. The molecule has 2 heterocycles. The second-order valence-corrected chi connectivity index (χ2v) is 5.09. The van der Waals surface area contributed by atoms with Gasteiger partial charge in [0.25, 0.3) is 0 Å². The largest absolute Gasteiger partial charge is 0.343 e. The van der Waals surface area contributed by atoms with Gasteiger partial charge in [0.15, 0.2) is 0 Å². The molecule has 0 spiro atoms. The maximum absolute atomic E-state index is 12.2. The molecule has 1 aromatic rings. The molecule has 1 aliphatic rings. The zero-order valence-electron chi connectivity index (χ0n) is 11.3. The Morgan fingerprint density at radius 2 is 1.89 bits per heavy atom. The third-order valence-corrected chi connectivity index (χ3v) is 3.73. The average molecular weight is 249 g/mol. The molecule has 0 saturated carbocycles. The number of amides is 1. The summed E-state index contributed by atoms with van der Waals surface area (Å²) in [5.41, 5.74) is 1.13. The van der Waals surface area contributed by atoms with Crippen LogP contribution in [0.5, 0.6) is 0 Å². The number of hydrogen-bond donors (Lipinski definition) is 0. The van der Waals surface area contributed by atoms with E-state index in [-0.39, 0.29) is 0 Å². The Morgan fingerprint density at radius 3 is 2.50 bits per heavy atom. The first-order chi connectivity index (χ1) is 8.77. The molecule has 0 unspecified atom stereocenters. The lowest BCUT2D eigenvalue weighted by molar-refractivity contribution is -0.131. The van der Waals surface area contributed by atoms with Gasteiger partial charge in [-0.15, -0.1) is 0 Å². The van der Waals surface area contributed by atoms with Crippen molar-refractivity contribution in [3.05, 3.63) is 18.0 Å². The minimum Gasteiger partial charge on any atom is -0.343 e. The van der Waals surface area contributed by atoms with Crippen molar-refractivity contribution >= 4 is 5.91 Å². The quantitative estimate of drug-likeness (QED) is 0.823. The van der Waals surface area contributed by atoms with Gasteiger partial charge in [-0.3, -0.25) is 9.48 Å². The first-order valence-electron chi connectivity index (χ1n) is 7.02. The fraction of sp³-hybridized carbons (Fsp3) is 0.714. The average Bonchev–Trinajstić information content (AvgIpc) is 2.71. The van der Waals surface area contributed by atoms with Crippen molar-refractivity contribution in [2.24, 2.45) is 7.05 Å². The molecular formula is C14H23N3O. The number of nitrogens with zero attached hydrogens (tertiary/aromatic N) is 3. The Kier molecular flexibility index (Phi) is 4.79. The van der Waals surface area contributed by atoms with Crippen LogP contribution in [-0.2, 0) is 18.3 Å². The fourth-order valence-electron chi connectivity index (χ4n) is 2.54. The number of aromatic nitrogens is 2. The van der Waals surface area contributed by atoms with Crippen LogP contribution in [0.3, 0.4) is 0 Å². The SMILES string of the molecule is Cn1nccc1CCC(=O)N1CCCCCCC1. The van der Waals surface area contributed by atoms with E-state index in [9.17, 15) is 4.79 Å². The van der Waals surface area contributed by atoms with Gasteiger partial charge in [0.2, 0.25) is 5.91 Å². The summed E-state index contributed by atoms with van der Waals surface area (Å²) in [5.74, 6) is 0.304. The van der Waals surface area contributed by atoms with E-state index in [0.717, 1.165) is 38.0 Å². The van der Waals surface area contributed by atoms with E-state index in [2.05, 4.69) is 10.00 Å². The molecule has 0 atom stereocenters. The van der Waals surface area contributed by atoms with Gasteiger partial charge >= 0.3 is 0 Å². The van der Waals surface area contributed by atoms with Gasteiger partial charge in [-0.05, 0) is 25.3 Å². The maximum atomic E-state index is 12.2. The monoisotopic (exact) mass is 249 g/mol. The van der Waals surface area contributed by atoms with Crippen molar-refractivity contribution in [2.45, 2.75) is 44.9 Å². The van der Waals surface area contributed by atoms with Gasteiger partial charge in [-0.25, -0.2) is 0 Å². The van der Waals surface area contributed by atoms with Crippen LogP contribution in [0, 0.1) is 0 Å². The highest BCUT2D eigenvalue weighted by molar-refractivity contribution is 5.76. The first-order valence-corrected chi connectivity index (χ1v) is 7.02. The fourth-order valence-corrected chi connectivity index (χ4v) is 2.54. The highest BCUT2D eigenvalue weighted by Crippen LogP contribution is 2.12. The van der Waals surface area contributed by atoms with Gasteiger partial charge in [0, 0.05) is 38.4 Å². The van der Waals surface area contributed by atoms with Crippen LogP contribution >= 0.6 is 0 Å². The number of hydrogen-bond acceptors (Lipinski definition) is 2. The van der Waals surface area contributed by atoms with Crippen molar-refractivity contribution in [3.8, 4) is 0 Å². The van der Waals surface area contributed by atoms with Gasteiger partial charge < -0.3 is 4.90 Å². The molecule has 2 rings (SSSR count). The lowest BCUT2D eigenvalue weighted by atomic mass is 10.1. The second kappa shape index (κ2) is 6.57. The van der Waals surface area contributed by atoms with E-state index >= 15 is 0 Å². The van der Waals surface area contributed by atoms with Crippen LogP contribution in [0.1, 0.15) is 44.2 Å². The molecule has 1 saturated heterocycles. The summed E-state index contributed by atoms with van der Waals surface area (Å²) < 4.78 is 1.85. The standard InChI is InChI=1S/C14H23N3O/c1-16-13(9-10-15-16)7-8-14(18)17-11-5-3-2-4-6-12-17/h9-10H,2-8,11-12H2,1H3. The van der Waals surface area contributed by atoms with Crippen LogP contribution in [0.25, 0.3) is 0 Å². The zero-order valence-corrected chi connectivity index (χ0v) is 11.3. The minimum atomic E-state index is 0.304. The zero-order chi connectivity index (χ0) is 12.8. The number of carbonyl (C=O) groups excluding carboxylic acids is 1. The molecule has 0 aromatic carbocycles. The van der Waals surface area contributed by atoms with Crippen molar-refractivity contribution in [1.29, 1.82) is 0 Å². The van der Waals surface area contributed by atoms with Crippen LogP contribution in [0.15, 0.2) is 12.3 Å². The highest BCUT2D eigenvalue weighted by atomic mass is 16.2. The number of likely N-dealkylation sites (tertiary alicyclic amines) is 1. The molecule has 0 radical (unpaired) electrons. The minimum absolute atomic E-state index is 0.304. The van der Waals surface area contributed by atoms with Crippen molar-refractivity contribution in [1.82, 2.24) is 14.7 Å². The van der Waals surface area contributed by atoms with Crippen molar-refractivity contribution in [2.75, 3.05) is 13.1 Å². The van der Waals surface area contributed by atoms with E-state index in [1.165, 1.54) is 19.3 Å². The Hall–Kier alpha value is -1.32. The van der Waals surface area contributed by atoms with E-state index < -0.39 is 0 Å². The molecule has 1 amide bonds. The second-order valence-electron chi connectivity index (χ2n) is 5.09. The van der Waals surface area contributed by atoms with Gasteiger partial charge in [-0.2, -0.15) is 5.10 Å². The van der Waals surface area contributed by atoms with Crippen LogP contribution < -0.4 is 0 Å². The Morgan fingerprint density at radius 1 is 1.22 bits per heavy atom. The van der Waals surface area contributed by atoms with Crippen LogP contribution in [0.2, 0.25) is 0 Å². The summed E-state index contributed by atoms with van der Waals surface area (Å²) in [5, 5.41) is 4.13. The molecule has 1 fully saturated rings. The molecule has 100 valence electrons. The van der Waals surface area contributed by atoms with Gasteiger partial charge in [-0.1, -0.05) is 19.3 Å². The predicted molar refractivity (Wildman–Crippen MR) is 71.2 cm³/mol. The lowest BCUT2D eigenvalue weighted by Crippen LogP contribution is -2.34. The third kappa shape index (κ3) is 3.59. The number of carbonyl (C=O) groups is 1. The van der Waals surface area contributed by atoms with Gasteiger partial charge in [0.05, 0.1) is 0 Å². The summed E-state index contributed by atoms with van der Waals surface area (Å²) in [7, 11) is 1.93. The summed E-state index contributed by atoms with van der Waals surface area (Å²) in [6.07, 6.45) is 9.39. The van der Waals surface area contributed by atoms with Crippen LogP contribution in [0.4, 0.5) is 0 Å². The molecule has 4 heteroatoms. The Bertz CT molecular complexity index is 378. The normalized spacial score (nSPS) is 17.3. The molecular weight excluding hydrogens is 226 g/mol. The molecule has 1 aliphatic heterocycles. The third-order valence-electron chi connectivity index (χ3n) is 3.73. The molecule has 18 heavy (non-hydrogen) atoms. The van der Waals surface area contributed by atoms with Crippen molar-refractivity contribution < 1.29 is 4.79 Å². The van der Waals surface area contributed by atoms with Crippen molar-refractivity contribution in [3.63, 3.8) is 0 Å². The van der Waals surface area contributed by atoms with E-state index in [1.54, 1.807) is 6.20 Å². The van der Waals surface area contributed by atoms with E-state index in [1.807, 2.05) is 17.8 Å². The smallest absolute Gasteiger partial charge is 0.222 e. The number of aryl methyl sites for hydroxylation is 2. The summed E-state index contributed by atoms with van der Waals surface area (Å²) in [6.45, 7) is 1.90. The Balaban J connectivity index is 1.81. The Labute approximate surface area is 109 Å². The summed E-state index contributed by atoms with van der Waals surface area (Å²) >= 11 is 0. The maximum Gasteiger partial charge on any atom is 0.222 e. The summed E-state index contributed by atoms with van der Waals surface area (Å²) in [6, 6.07) is 1.99. The molecule has 0 N–H and O–H groups in total.